The molecule has 0 aromatic carbocycles. The van der Waals surface area contributed by atoms with Gasteiger partial charge in [-0.2, -0.15) is 13.2 Å². The number of alkyl halides is 3. The number of halogens is 4. The van der Waals surface area contributed by atoms with E-state index in [-0.39, 0.29) is 16.8 Å². The van der Waals surface area contributed by atoms with Crippen molar-refractivity contribution in [2.75, 3.05) is 49.1 Å². The standard InChI is InChI=1S/C20H22ClF3N6O/c21-16-10-15(20(22,23)24)11-27-18(16)28-6-8-29(9-7-28)19(31)14-2-1-5-30(13-14)17-12-25-3-4-26-17/h3-4,10-12,14H,1-2,5-9,13H2/t14-/m0/s1. The second-order valence-corrected chi connectivity index (χ2v) is 8.10. The van der Waals surface area contributed by atoms with Gasteiger partial charge in [0.15, 0.2) is 0 Å². The molecule has 2 fully saturated rings. The Kier molecular flexibility index (Phi) is 6.17. The number of pyridine rings is 1. The number of piperidine rings is 1. The number of anilines is 2. The van der Waals surface area contributed by atoms with Crippen LogP contribution in [0.5, 0.6) is 0 Å². The number of hydrogen-bond donors (Lipinski definition) is 0. The van der Waals surface area contributed by atoms with Crippen molar-refractivity contribution >= 4 is 29.1 Å². The largest absolute Gasteiger partial charge is 0.417 e. The van der Waals surface area contributed by atoms with Gasteiger partial charge in [0.2, 0.25) is 5.91 Å². The van der Waals surface area contributed by atoms with Gasteiger partial charge < -0.3 is 14.7 Å². The van der Waals surface area contributed by atoms with E-state index in [9.17, 15) is 18.0 Å². The Labute approximate surface area is 182 Å². The first-order valence-electron chi connectivity index (χ1n) is 10.1. The summed E-state index contributed by atoms with van der Waals surface area (Å²) in [5.74, 6) is 1.07. The first-order valence-corrected chi connectivity index (χ1v) is 10.5. The van der Waals surface area contributed by atoms with Crippen LogP contribution in [-0.4, -0.2) is 65.0 Å². The fourth-order valence-corrected chi connectivity index (χ4v) is 4.34. The van der Waals surface area contributed by atoms with Crippen molar-refractivity contribution < 1.29 is 18.0 Å². The normalized spacial score (nSPS) is 20.1. The molecule has 0 unspecified atom stereocenters. The van der Waals surface area contributed by atoms with E-state index in [1.165, 1.54) is 0 Å². The molecule has 4 heterocycles. The highest BCUT2D eigenvalue weighted by atomic mass is 35.5. The van der Waals surface area contributed by atoms with E-state index in [1.54, 1.807) is 18.6 Å². The van der Waals surface area contributed by atoms with E-state index in [0.29, 0.717) is 38.5 Å². The van der Waals surface area contributed by atoms with Crippen LogP contribution in [0, 0.1) is 5.92 Å². The molecular formula is C20H22ClF3N6O. The molecule has 2 aliphatic rings. The van der Waals surface area contributed by atoms with Gasteiger partial charge in [0.05, 0.1) is 22.7 Å². The van der Waals surface area contributed by atoms with Crippen molar-refractivity contribution in [3.8, 4) is 0 Å². The maximum atomic E-state index is 13.1. The van der Waals surface area contributed by atoms with E-state index in [4.69, 9.17) is 11.6 Å². The zero-order chi connectivity index (χ0) is 22.0. The van der Waals surface area contributed by atoms with Crippen LogP contribution >= 0.6 is 11.6 Å². The van der Waals surface area contributed by atoms with Crippen molar-refractivity contribution in [1.82, 2.24) is 19.9 Å². The van der Waals surface area contributed by atoms with Gasteiger partial charge >= 0.3 is 6.18 Å². The molecule has 4 rings (SSSR count). The molecule has 0 spiro atoms. The van der Waals surface area contributed by atoms with Gasteiger partial charge in [0, 0.05) is 57.9 Å². The van der Waals surface area contributed by atoms with Crippen LogP contribution in [-0.2, 0) is 11.0 Å². The lowest BCUT2D eigenvalue weighted by atomic mass is 9.96. The molecule has 2 aromatic heterocycles. The third-order valence-corrected chi connectivity index (χ3v) is 5.96. The number of amides is 1. The second-order valence-electron chi connectivity index (χ2n) is 7.69. The number of aromatic nitrogens is 3. The van der Waals surface area contributed by atoms with E-state index in [1.807, 2.05) is 9.80 Å². The summed E-state index contributed by atoms with van der Waals surface area (Å²) in [6.07, 6.45) is 2.99. The molecule has 7 nitrogen and oxygen atoms in total. The van der Waals surface area contributed by atoms with Crippen molar-refractivity contribution in [2.45, 2.75) is 19.0 Å². The van der Waals surface area contributed by atoms with E-state index >= 15 is 0 Å². The van der Waals surface area contributed by atoms with Gasteiger partial charge in [-0.3, -0.25) is 9.78 Å². The molecule has 2 aromatic rings. The average molecular weight is 455 g/mol. The van der Waals surface area contributed by atoms with Gasteiger partial charge in [0.1, 0.15) is 11.6 Å². The summed E-state index contributed by atoms with van der Waals surface area (Å²) < 4.78 is 38.5. The molecule has 166 valence electrons. The molecule has 0 bridgehead atoms. The molecule has 2 saturated heterocycles. The Balaban J connectivity index is 1.36. The smallest absolute Gasteiger partial charge is 0.355 e. The predicted molar refractivity (Wildman–Crippen MR) is 110 cm³/mol. The summed E-state index contributed by atoms with van der Waals surface area (Å²) in [4.78, 5) is 31.1. The van der Waals surface area contributed by atoms with Crippen LogP contribution < -0.4 is 9.80 Å². The molecule has 1 amide bonds. The summed E-state index contributed by atoms with van der Waals surface area (Å²) in [5, 5.41) is -0.0403. The zero-order valence-electron chi connectivity index (χ0n) is 16.7. The van der Waals surface area contributed by atoms with Crippen molar-refractivity contribution in [2.24, 2.45) is 5.92 Å². The second kappa shape index (κ2) is 8.86. The van der Waals surface area contributed by atoms with Crippen LogP contribution in [0.15, 0.2) is 30.9 Å². The Bertz CT molecular complexity index is 921. The number of nitrogens with zero attached hydrogens (tertiary/aromatic N) is 6. The fraction of sp³-hybridized carbons (Fsp3) is 0.500. The number of hydrogen-bond acceptors (Lipinski definition) is 6. The molecule has 2 aliphatic heterocycles. The third kappa shape index (κ3) is 4.84. The van der Waals surface area contributed by atoms with Gasteiger partial charge in [-0.15, -0.1) is 0 Å². The van der Waals surface area contributed by atoms with Gasteiger partial charge in [0.25, 0.3) is 0 Å². The lowest BCUT2D eigenvalue weighted by Crippen LogP contribution is -2.53. The average Bonchev–Trinajstić information content (AvgIpc) is 2.79. The molecular weight excluding hydrogens is 433 g/mol. The van der Waals surface area contributed by atoms with Crippen molar-refractivity contribution in [3.63, 3.8) is 0 Å². The highest BCUT2D eigenvalue weighted by Crippen LogP contribution is 2.34. The fourth-order valence-electron chi connectivity index (χ4n) is 4.06. The number of piperazine rings is 1. The summed E-state index contributed by atoms with van der Waals surface area (Å²) in [7, 11) is 0. The minimum absolute atomic E-state index is 0.0403. The van der Waals surface area contributed by atoms with Crippen LogP contribution in [0.2, 0.25) is 5.02 Å². The van der Waals surface area contributed by atoms with Gasteiger partial charge in [-0.25, -0.2) is 9.97 Å². The predicted octanol–water partition coefficient (Wildman–Crippen LogP) is 3.11. The van der Waals surface area contributed by atoms with E-state index < -0.39 is 11.7 Å². The molecule has 0 radical (unpaired) electrons. The number of rotatable bonds is 3. The Hall–Kier alpha value is -2.62. The maximum absolute atomic E-state index is 13.1. The minimum Gasteiger partial charge on any atom is -0.355 e. The Morgan fingerprint density at radius 3 is 2.45 bits per heavy atom. The Morgan fingerprint density at radius 2 is 1.81 bits per heavy atom. The third-order valence-electron chi connectivity index (χ3n) is 5.68. The first kappa shape index (κ1) is 21.6. The van der Waals surface area contributed by atoms with Crippen LogP contribution in [0.1, 0.15) is 18.4 Å². The monoisotopic (exact) mass is 454 g/mol. The van der Waals surface area contributed by atoms with Crippen molar-refractivity contribution in [1.29, 1.82) is 0 Å². The summed E-state index contributed by atoms with van der Waals surface area (Å²) in [5.41, 5.74) is -0.875. The van der Waals surface area contributed by atoms with Crippen molar-refractivity contribution in [3.05, 3.63) is 41.4 Å². The lowest BCUT2D eigenvalue weighted by Gasteiger charge is -2.39. The topological polar surface area (TPSA) is 65.5 Å². The van der Waals surface area contributed by atoms with E-state index in [2.05, 4.69) is 19.9 Å². The maximum Gasteiger partial charge on any atom is 0.417 e. The lowest BCUT2D eigenvalue weighted by molar-refractivity contribution is -0.138. The van der Waals surface area contributed by atoms with Gasteiger partial charge in [-0.05, 0) is 18.9 Å². The molecule has 31 heavy (non-hydrogen) atoms. The van der Waals surface area contributed by atoms with Crippen LogP contribution in [0.3, 0.4) is 0 Å². The van der Waals surface area contributed by atoms with Gasteiger partial charge in [-0.1, -0.05) is 11.6 Å². The number of carbonyl (C=O) groups excluding carboxylic acids is 1. The summed E-state index contributed by atoms with van der Waals surface area (Å²) in [6, 6.07) is 0.893. The molecule has 0 saturated carbocycles. The highest BCUT2D eigenvalue weighted by Gasteiger charge is 2.34. The zero-order valence-corrected chi connectivity index (χ0v) is 17.5. The van der Waals surface area contributed by atoms with E-state index in [0.717, 1.165) is 37.5 Å². The highest BCUT2D eigenvalue weighted by molar-refractivity contribution is 6.33. The SMILES string of the molecule is O=C([C@H]1CCCN(c2cnccn2)C1)N1CCN(c2ncc(C(F)(F)F)cc2Cl)CC1. The Morgan fingerprint density at radius 1 is 1.03 bits per heavy atom. The minimum atomic E-state index is -4.49. The number of carbonyl (C=O) groups is 1. The summed E-state index contributed by atoms with van der Waals surface area (Å²) in [6.45, 7) is 3.31. The molecule has 0 N–H and O–H groups in total. The quantitative estimate of drug-likeness (QED) is 0.710. The summed E-state index contributed by atoms with van der Waals surface area (Å²) >= 11 is 6.06. The molecule has 0 aliphatic carbocycles. The molecule has 1 atom stereocenters. The molecule has 11 heteroatoms. The first-order chi connectivity index (χ1) is 14.8. The van der Waals surface area contributed by atoms with Crippen LogP contribution in [0.25, 0.3) is 0 Å². The van der Waals surface area contributed by atoms with Crippen LogP contribution in [0.4, 0.5) is 24.8 Å².